The Hall–Kier alpha value is 0.0569. The number of hydrogen-bond donors (Lipinski definition) is 2. The average molecular weight is 276 g/mol. The molecule has 1 heterocycles. The second-order valence-electron chi connectivity index (χ2n) is 7.01. The minimum absolute atomic E-state index is 0.0206. The molecule has 0 aromatic heterocycles. The molecule has 1 aliphatic heterocycles. The second kappa shape index (κ2) is 4.56. The van der Waals surface area contributed by atoms with Gasteiger partial charge in [-0.15, -0.1) is 0 Å². The van der Waals surface area contributed by atoms with E-state index in [0.717, 1.165) is 0 Å². The predicted octanol–water partition coefficient (Wildman–Crippen LogP) is 2.26. The van der Waals surface area contributed by atoms with Gasteiger partial charge in [-0.2, -0.15) is 0 Å². The highest BCUT2D eigenvalue weighted by Crippen LogP contribution is 2.44. The lowest BCUT2D eigenvalue weighted by Crippen LogP contribution is -2.56. The summed E-state index contributed by atoms with van der Waals surface area (Å²) < 4.78 is 11.5. The van der Waals surface area contributed by atoms with Crippen molar-refractivity contribution in [2.45, 2.75) is 76.5 Å². The first-order chi connectivity index (χ1) is 7.87. The van der Waals surface area contributed by atoms with Crippen LogP contribution in [0.4, 0.5) is 0 Å². The first kappa shape index (κ1) is 16.1. The maximum Gasteiger partial charge on any atom is 0.220 e. The Balaban J connectivity index is 2.91. The van der Waals surface area contributed by atoms with Crippen LogP contribution in [0.1, 0.15) is 41.0 Å². The molecule has 0 radical (unpaired) electrons. The lowest BCUT2D eigenvalue weighted by molar-refractivity contribution is -0.346. The molecule has 0 spiro atoms. The van der Waals surface area contributed by atoms with E-state index in [2.05, 4.69) is 33.9 Å². The van der Waals surface area contributed by atoms with Gasteiger partial charge in [-0.1, -0.05) is 40.8 Å². The van der Waals surface area contributed by atoms with E-state index in [4.69, 9.17) is 9.47 Å². The summed E-state index contributed by atoms with van der Waals surface area (Å²) in [6.45, 7) is 14.9. The van der Waals surface area contributed by atoms with Crippen LogP contribution < -0.4 is 0 Å². The van der Waals surface area contributed by atoms with E-state index in [1.165, 1.54) is 0 Å². The molecule has 1 aliphatic rings. The van der Waals surface area contributed by atoms with Gasteiger partial charge >= 0.3 is 0 Å². The van der Waals surface area contributed by atoms with Crippen LogP contribution in [0.5, 0.6) is 0 Å². The fraction of sp³-hybridized carbons (Fsp3) is 1.00. The van der Waals surface area contributed by atoms with Crippen LogP contribution in [0.2, 0.25) is 18.1 Å². The number of hydrogen-bond acceptors (Lipinski definition) is 4. The molecule has 0 bridgehead atoms. The monoisotopic (exact) mass is 276 g/mol. The molecule has 0 saturated carbocycles. The van der Waals surface area contributed by atoms with Crippen LogP contribution in [-0.4, -0.2) is 42.2 Å². The summed E-state index contributed by atoms with van der Waals surface area (Å²) in [5.74, 6) is -3.26. The first-order valence-corrected chi connectivity index (χ1v) is 9.71. The molecule has 4 nitrogen and oxygen atoms in total. The molecule has 2 atom stereocenters. The molecular weight excluding hydrogens is 248 g/mol. The third-order valence-electron chi connectivity index (χ3n) is 4.84. The van der Waals surface area contributed by atoms with E-state index < -0.39 is 19.6 Å². The zero-order chi connectivity index (χ0) is 14.4. The molecule has 108 valence electrons. The summed E-state index contributed by atoms with van der Waals surface area (Å²) in [7, 11) is -1.72. The summed E-state index contributed by atoms with van der Waals surface area (Å²) in [6.07, 6.45) is 0.174. The van der Waals surface area contributed by atoms with Crippen molar-refractivity contribution in [3.63, 3.8) is 0 Å². The van der Waals surface area contributed by atoms with Gasteiger partial charge in [0, 0.05) is 6.42 Å². The summed E-state index contributed by atoms with van der Waals surface area (Å²) >= 11 is 0. The van der Waals surface area contributed by atoms with Gasteiger partial charge in [0.25, 0.3) is 0 Å². The quantitative estimate of drug-likeness (QED) is 0.613. The summed E-state index contributed by atoms with van der Waals surface area (Å²) in [4.78, 5) is 0. The van der Waals surface area contributed by atoms with E-state index in [1.807, 2.05) is 0 Å². The van der Waals surface area contributed by atoms with Gasteiger partial charge < -0.3 is 19.7 Å². The Labute approximate surface area is 111 Å². The van der Waals surface area contributed by atoms with Crippen molar-refractivity contribution < 1.29 is 19.7 Å². The number of aliphatic hydroxyl groups is 2. The summed E-state index contributed by atoms with van der Waals surface area (Å²) in [5, 5.41) is 20.2. The zero-order valence-corrected chi connectivity index (χ0v) is 13.7. The van der Waals surface area contributed by atoms with Crippen LogP contribution >= 0.6 is 0 Å². The average Bonchev–Trinajstić information content (AvgIpc) is 2.61. The Kier molecular flexibility index (Phi) is 4.08. The maximum atomic E-state index is 9.99. The molecule has 0 unspecified atom stereocenters. The molecule has 18 heavy (non-hydrogen) atoms. The lowest BCUT2D eigenvalue weighted by Gasteiger charge is -2.42. The van der Waals surface area contributed by atoms with Crippen molar-refractivity contribution in [2.24, 2.45) is 0 Å². The van der Waals surface area contributed by atoms with Gasteiger partial charge in [0.15, 0.2) is 0 Å². The lowest BCUT2D eigenvalue weighted by atomic mass is 10.1. The van der Waals surface area contributed by atoms with Gasteiger partial charge in [-0.25, -0.2) is 0 Å². The third-order valence-corrected chi connectivity index (χ3v) is 10.6. The summed E-state index contributed by atoms with van der Waals surface area (Å²) in [6, 6.07) is 0. The highest BCUT2D eigenvalue weighted by molar-refractivity contribution is 6.81. The number of rotatable bonds is 3. The minimum atomic E-state index is -1.94. The smallest absolute Gasteiger partial charge is 0.220 e. The van der Waals surface area contributed by atoms with Crippen molar-refractivity contribution in [1.29, 1.82) is 0 Å². The molecule has 0 aromatic carbocycles. The Morgan fingerprint density at radius 1 is 1.28 bits per heavy atom. The molecule has 1 fully saturated rings. The molecule has 2 N–H and O–H groups in total. The van der Waals surface area contributed by atoms with Gasteiger partial charge in [0.1, 0.15) is 0 Å². The highest BCUT2D eigenvalue weighted by Gasteiger charge is 2.57. The SMILES string of the molecule is CCC(O)(O)[C@]1(C)OC[C@@H]([Si](C)(C)C(C)(C)C)O1. The van der Waals surface area contributed by atoms with Crippen molar-refractivity contribution in [2.75, 3.05) is 6.61 Å². The number of ether oxygens (including phenoxy) is 2. The van der Waals surface area contributed by atoms with E-state index in [0.29, 0.717) is 6.61 Å². The van der Waals surface area contributed by atoms with Crippen LogP contribution in [0.15, 0.2) is 0 Å². The normalized spacial score (nSPS) is 30.8. The highest BCUT2D eigenvalue weighted by atomic mass is 28.3. The summed E-state index contributed by atoms with van der Waals surface area (Å²) in [5.41, 5.74) is -0.0206. The molecule has 1 rings (SSSR count). The van der Waals surface area contributed by atoms with Gasteiger partial charge in [-0.05, 0) is 12.0 Å². The van der Waals surface area contributed by atoms with Crippen molar-refractivity contribution in [3.8, 4) is 0 Å². The molecule has 1 saturated heterocycles. The zero-order valence-electron chi connectivity index (χ0n) is 12.7. The van der Waals surface area contributed by atoms with Crippen molar-refractivity contribution in [1.82, 2.24) is 0 Å². The third kappa shape index (κ3) is 2.51. The Morgan fingerprint density at radius 3 is 2.17 bits per heavy atom. The van der Waals surface area contributed by atoms with Gasteiger partial charge in [-0.3, -0.25) is 0 Å². The van der Waals surface area contributed by atoms with Crippen LogP contribution in [0.3, 0.4) is 0 Å². The topological polar surface area (TPSA) is 58.9 Å². The van der Waals surface area contributed by atoms with E-state index >= 15 is 0 Å². The van der Waals surface area contributed by atoms with Crippen molar-refractivity contribution >= 4 is 8.07 Å². The molecule has 0 aliphatic carbocycles. The maximum absolute atomic E-state index is 9.99. The van der Waals surface area contributed by atoms with Crippen LogP contribution in [-0.2, 0) is 9.47 Å². The van der Waals surface area contributed by atoms with Gasteiger partial charge in [0.2, 0.25) is 11.6 Å². The standard InChI is InChI=1S/C13H28O4Si/c1-8-13(14,15)12(5)16-9-10(17-12)18(6,7)11(2,3)4/h10,14-15H,8-9H2,1-7H3/t10-,12-/m1/s1. The largest absolute Gasteiger partial charge is 0.361 e. The molecular formula is C13H28O4Si. The minimum Gasteiger partial charge on any atom is -0.361 e. The van der Waals surface area contributed by atoms with Gasteiger partial charge in [0.05, 0.1) is 20.4 Å². The molecule has 5 heteroatoms. The fourth-order valence-electron chi connectivity index (χ4n) is 1.94. The van der Waals surface area contributed by atoms with E-state index in [9.17, 15) is 10.2 Å². The Morgan fingerprint density at radius 2 is 1.78 bits per heavy atom. The Bertz CT molecular complexity index is 309. The van der Waals surface area contributed by atoms with E-state index in [-0.39, 0.29) is 17.2 Å². The first-order valence-electron chi connectivity index (χ1n) is 6.64. The second-order valence-corrected chi connectivity index (χ2v) is 12.6. The van der Waals surface area contributed by atoms with Crippen molar-refractivity contribution in [3.05, 3.63) is 0 Å². The van der Waals surface area contributed by atoms with E-state index in [1.54, 1.807) is 13.8 Å². The molecule has 0 aromatic rings. The fourth-order valence-corrected chi connectivity index (χ4v) is 3.93. The predicted molar refractivity (Wildman–Crippen MR) is 73.9 cm³/mol. The van der Waals surface area contributed by atoms with Crippen LogP contribution in [0, 0.1) is 0 Å². The van der Waals surface area contributed by atoms with Crippen LogP contribution in [0.25, 0.3) is 0 Å². The molecule has 0 amide bonds.